The van der Waals surface area contributed by atoms with E-state index in [0.29, 0.717) is 32.5 Å². The van der Waals surface area contributed by atoms with Crippen LogP contribution in [0.25, 0.3) is 11.1 Å². The van der Waals surface area contributed by atoms with Crippen molar-refractivity contribution in [3.05, 3.63) is 57.8 Å². The number of urea groups is 1. The van der Waals surface area contributed by atoms with E-state index < -0.39 is 17.8 Å². The summed E-state index contributed by atoms with van der Waals surface area (Å²) in [4.78, 5) is 22.2. The van der Waals surface area contributed by atoms with Gasteiger partial charge in [0.15, 0.2) is 0 Å². The molecular weight excluding hydrogens is 447 g/mol. The second kappa shape index (κ2) is 10.2. The Morgan fingerprint density at radius 1 is 1.26 bits per heavy atom. The Labute approximate surface area is 186 Å². The summed E-state index contributed by atoms with van der Waals surface area (Å²) in [6.07, 6.45) is -0.0378. The van der Waals surface area contributed by atoms with Crippen LogP contribution < -0.4 is 15.4 Å². The summed E-state index contributed by atoms with van der Waals surface area (Å²) in [5.41, 5.74) is 1.26. The molecule has 31 heavy (non-hydrogen) atoms. The number of rotatable bonds is 8. The summed E-state index contributed by atoms with van der Waals surface area (Å²) < 4.78 is 20.7. The zero-order chi connectivity index (χ0) is 22.4. The van der Waals surface area contributed by atoms with Gasteiger partial charge in [-0.2, -0.15) is 0 Å². The lowest BCUT2D eigenvalue weighted by molar-refractivity contribution is -0.136. The Balaban J connectivity index is 1.76. The number of hydrogen-bond acceptors (Lipinski definition) is 6. The van der Waals surface area contributed by atoms with Crippen molar-refractivity contribution in [2.45, 2.75) is 12.8 Å². The number of carboxylic acids is 1. The lowest BCUT2D eigenvalue weighted by Crippen LogP contribution is -2.30. The zero-order valence-corrected chi connectivity index (χ0v) is 17.9. The lowest BCUT2D eigenvalue weighted by Gasteiger charge is -2.13. The van der Waals surface area contributed by atoms with Gasteiger partial charge in [0.25, 0.3) is 0 Å². The molecule has 0 aliphatic rings. The second-order valence-corrected chi connectivity index (χ2v) is 7.83. The van der Waals surface area contributed by atoms with Crippen molar-refractivity contribution in [1.82, 2.24) is 15.5 Å². The van der Waals surface area contributed by atoms with Crippen LogP contribution in [0.15, 0.2) is 36.4 Å². The first-order chi connectivity index (χ1) is 14.9. The highest BCUT2D eigenvalue weighted by Crippen LogP contribution is 2.36. The number of carbonyl (C=O) groups is 2. The number of anilines is 1. The quantitative estimate of drug-likeness (QED) is 0.460. The van der Waals surface area contributed by atoms with Crippen molar-refractivity contribution >= 4 is 40.1 Å². The number of benzene rings is 2. The summed E-state index contributed by atoms with van der Waals surface area (Å²) in [5.74, 6) is -1.10. The van der Waals surface area contributed by atoms with Gasteiger partial charge in [-0.1, -0.05) is 41.1 Å². The highest BCUT2D eigenvalue weighted by molar-refractivity contribution is 7.15. The van der Waals surface area contributed by atoms with Crippen LogP contribution in [0.5, 0.6) is 5.75 Å². The first kappa shape index (κ1) is 22.4. The van der Waals surface area contributed by atoms with E-state index in [0.717, 1.165) is 11.3 Å². The normalized spacial score (nSPS) is 10.5. The van der Waals surface area contributed by atoms with Gasteiger partial charge in [-0.15, -0.1) is 10.2 Å². The predicted octanol–water partition coefficient (Wildman–Crippen LogP) is 4.19. The minimum Gasteiger partial charge on any atom is -0.496 e. The largest absolute Gasteiger partial charge is 0.496 e. The van der Waals surface area contributed by atoms with E-state index in [2.05, 4.69) is 20.8 Å². The van der Waals surface area contributed by atoms with Gasteiger partial charge in [0.05, 0.1) is 19.1 Å². The molecule has 0 aliphatic carbocycles. The number of aliphatic carboxylic acids is 1. The van der Waals surface area contributed by atoms with Crippen LogP contribution in [-0.4, -0.2) is 41.0 Å². The summed E-state index contributed by atoms with van der Waals surface area (Å²) >= 11 is 7.14. The van der Waals surface area contributed by atoms with E-state index in [1.165, 1.54) is 7.11 Å². The number of ether oxygens (including phenoxy) is 1. The monoisotopic (exact) mass is 464 g/mol. The SMILES string of the molecule is COc1ccc(Cc2nnc(NC(=O)NCCC(=O)O)s2)c(F)c1-c1cccc(Cl)c1. The van der Waals surface area contributed by atoms with E-state index in [-0.39, 0.29) is 24.5 Å². The molecule has 2 aromatic carbocycles. The molecule has 0 bridgehead atoms. The molecule has 0 saturated carbocycles. The van der Waals surface area contributed by atoms with E-state index in [4.69, 9.17) is 21.4 Å². The van der Waals surface area contributed by atoms with Crippen LogP contribution in [0.1, 0.15) is 17.0 Å². The van der Waals surface area contributed by atoms with Crippen LogP contribution in [-0.2, 0) is 11.2 Å². The van der Waals surface area contributed by atoms with Gasteiger partial charge in [-0.25, -0.2) is 9.18 Å². The van der Waals surface area contributed by atoms with Crippen molar-refractivity contribution in [3.63, 3.8) is 0 Å². The maximum Gasteiger partial charge on any atom is 0.321 e. The van der Waals surface area contributed by atoms with Crippen molar-refractivity contribution < 1.29 is 23.8 Å². The number of amides is 2. The van der Waals surface area contributed by atoms with E-state index in [9.17, 15) is 9.59 Å². The number of hydrogen-bond donors (Lipinski definition) is 3. The summed E-state index contributed by atoms with van der Waals surface area (Å²) in [6.45, 7) is -0.0177. The smallest absolute Gasteiger partial charge is 0.321 e. The van der Waals surface area contributed by atoms with Gasteiger partial charge in [0.1, 0.15) is 16.6 Å². The number of aromatic nitrogens is 2. The fourth-order valence-electron chi connectivity index (χ4n) is 2.78. The lowest BCUT2D eigenvalue weighted by atomic mass is 9.99. The number of methoxy groups -OCH3 is 1. The number of nitrogens with one attached hydrogen (secondary N) is 2. The molecule has 3 rings (SSSR count). The first-order valence-corrected chi connectivity index (χ1v) is 10.3. The second-order valence-electron chi connectivity index (χ2n) is 6.33. The fraction of sp³-hybridized carbons (Fsp3) is 0.200. The van der Waals surface area contributed by atoms with Gasteiger partial charge in [-0.05, 0) is 29.3 Å². The average Bonchev–Trinajstić information content (AvgIpc) is 3.15. The number of halogens is 2. The van der Waals surface area contributed by atoms with Gasteiger partial charge in [0, 0.05) is 18.0 Å². The molecule has 2 amide bonds. The Morgan fingerprint density at radius 2 is 2.06 bits per heavy atom. The molecule has 3 aromatic rings. The van der Waals surface area contributed by atoms with Crippen LogP contribution >= 0.6 is 22.9 Å². The van der Waals surface area contributed by atoms with Crippen molar-refractivity contribution in [1.29, 1.82) is 0 Å². The molecule has 0 unspecified atom stereocenters. The molecule has 0 saturated heterocycles. The molecule has 1 aromatic heterocycles. The minimum atomic E-state index is -1.02. The molecule has 0 aliphatic heterocycles. The minimum absolute atomic E-state index is 0.0177. The van der Waals surface area contributed by atoms with E-state index in [1.807, 2.05) is 0 Å². The highest BCUT2D eigenvalue weighted by atomic mass is 35.5. The van der Waals surface area contributed by atoms with E-state index in [1.54, 1.807) is 36.4 Å². The fourth-order valence-corrected chi connectivity index (χ4v) is 3.73. The predicted molar refractivity (Wildman–Crippen MR) is 115 cm³/mol. The average molecular weight is 465 g/mol. The van der Waals surface area contributed by atoms with Crippen molar-refractivity contribution in [2.75, 3.05) is 19.0 Å². The molecule has 0 radical (unpaired) electrons. The van der Waals surface area contributed by atoms with Crippen LogP contribution in [0, 0.1) is 5.82 Å². The number of carbonyl (C=O) groups excluding carboxylic acids is 1. The molecule has 0 fully saturated rings. The zero-order valence-electron chi connectivity index (χ0n) is 16.3. The third-order valence-electron chi connectivity index (χ3n) is 4.17. The third-order valence-corrected chi connectivity index (χ3v) is 5.24. The summed E-state index contributed by atoms with van der Waals surface area (Å²) in [5, 5.41) is 22.5. The molecule has 11 heteroatoms. The van der Waals surface area contributed by atoms with Crippen molar-refractivity contribution in [3.8, 4) is 16.9 Å². The number of carboxylic acid groups (broad SMARTS) is 1. The summed E-state index contributed by atoms with van der Waals surface area (Å²) in [7, 11) is 1.46. The number of nitrogens with zero attached hydrogens (tertiary/aromatic N) is 2. The van der Waals surface area contributed by atoms with Crippen LogP contribution in [0.3, 0.4) is 0 Å². The van der Waals surface area contributed by atoms with Gasteiger partial charge in [-0.3, -0.25) is 10.1 Å². The molecule has 0 atom stereocenters. The van der Waals surface area contributed by atoms with Crippen LogP contribution in [0.2, 0.25) is 5.02 Å². The van der Waals surface area contributed by atoms with Gasteiger partial charge >= 0.3 is 12.0 Å². The van der Waals surface area contributed by atoms with Gasteiger partial charge < -0.3 is 15.2 Å². The first-order valence-electron chi connectivity index (χ1n) is 9.07. The molecule has 162 valence electrons. The Bertz CT molecular complexity index is 1110. The Morgan fingerprint density at radius 3 is 2.77 bits per heavy atom. The topological polar surface area (TPSA) is 113 Å². The highest BCUT2D eigenvalue weighted by Gasteiger charge is 2.18. The maximum absolute atomic E-state index is 15.4. The van der Waals surface area contributed by atoms with Crippen LogP contribution in [0.4, 0.5) is 14.3 Å². The standard InChI is InChI=1S/C20H18ClFN4O4S/c1-30-14-6-5-12(18(22)17(14)11-3-2-4-13(21)9-11)10-15-25-26-20(31-15)24-19(29)23-8-7-16(27)28/h2-6,9H,7-8,10H2,1H3,(H,27,28)(H2,23,24,26,29). The van der Waals surface area contributed by atoms with Crippen molar-refractivity contribution in [2.24, 2.45) is 0 Å². The summed E-state index contributed by atoms with van der Waals surface area (Å²) in [6, 6.07) is 9.51. The third kappa shape index (κ3) is 5.89. The van der Waals surface area contributed by atoms with Gasteiger partial charge in [0.2, 0.25) is 5.13 Å². The molecule has 8 nitrogen and oxygen atoms in total. The maximum atomic E-state index is 15.4. The molecular formula is C20H18ClFN4O4S. The Kier molecular flexibility index (Phi) is 7.37. The molecule has 3 N–H and O–H groups in total. The molecule has 1 heterocycles. The molecule has 0 spiro atoms. The van der Waals surface area contributed by atoms with E-state index >= 15 is 4.39 Å². The Hall–Kier alpha value is -3.24.